The first-order valence-electron chi connectivity index (χ1n) is 5.56. The Kier molecular flexibility index (Phi) is 4.55. The predicted molar refractivity (Wildman–Crippen MR) is 56.4 cm³/mol. The molecule has 0 N–H and O–H groups in total. The average molecular weight is 199 g/mol. The van der Waals surface area contributed by atoms with E-state index in [1.54, 1.807) is 0 Å². The summed E-state index contributed by atoms with van der Waals surface area (Å²) < 4.78 is 5.77. The van der Waals surface area contributed by atoms with E-state index in [-0.39, 0.29) is 5.60 Å². The smallest absolute Gasteiger partial charge is 0.122 e. The number of ether oxygens (including phenoxy) is 1. The Labute approximate surface area is 86.4 Å². The number of rotatable bonds is 5. The van der Waals surface area contributed by atoms with Gasteiger partial charge in [0.25, 0.3) is 0 Å². The molecule has 1 saturated heterocycles. The number of piperidine rings is 1. The van der Waals surface area contributed by atoms with Crippen molar-refractivity contribution < 1.29 is 9.53 Å². The lowest BCUT2D eigenvalue weighted by atomic mass is 9.90. The molecule has 1 fully saturated rings. The van der Waals surface area contributed by atoms with E-state index in [9.17, 15) is 4.79 Å². The van der Waals surface area contributed by atoms with Crippen LogP contribution >= 0.6 is 0 Å². The minimum Gasteiger partial charge on any atom is -0.374 e. The molecule has 0 aromatic heterocycles. The van der Waals surface area contributed by atoms with E-state index in [1.807, 2.05) is 6.92 Å². The zero-order valence-electron chi connectivity index (χ0n) is 9.29. The van der Waals surface area contributed by atoms with E-state index in [0.717, 1.165) is 38.8 Å². The van der Waals surface area contributed by atoms with Crippen LogP contribution in [0.25, 0.3) is 0 Å². The zero-order chi connectivity index (χ0) is 10.4. The number of likely N-dealkylation sites (tertiary alicyclic amines) is 1. The summed E-state index contributed by atoms with van der Waals surface area (Å²) in [7, 11) is 0. The average Bonchev–Trinajstić information content (AvgIpc) is 2.19. The third-order valence-electron chi connectivity index (χ3n) is 2.97. The number of hydrogen-bond acceptors (Lipinski definition) is 3. The lowest BCUT2D eigenvalue weighted by Crippen LogP contribution is -2.50. The standard InChI is InChI=1S/C11H21NO2/c1-3-12-8-5-6-11(10-12,7-9-13)14-4-2/h9H,3-8,10H2,1-2H3. The number of aldehydes is 1. The van der Waals surface area contributed by atoms with Gasteiger partial charge in [-0.3, -0.25) is 0 Å². The van der Waals surface area contributed by atoms with E-state index in [1.165, 1.54) is 0 Å². The first-order valence-corrected chi connectivity index (χ1v) is 5.56. The molecule has 1 atom stereocenters. The molecule has 1 aliphatic heterocycles. The van der Waals surface area contributed by atoms with Gasteiger partial charge in [0.15, 0.2) is 0 Å². The van der Waals surface area contributed by atoms with E-state index < -0.39 is 0 Å². The van der Waals surface area contributed by atoms with Crippen molar-refractivity contribution in [3.8, 4) is 0 Å². The van der Waals surface area contributed by atoms with Crippen LogP contribution in [0.5, 0.6) is 0 Å². The summed E-state index contributed by atoms with van der Waals surface area (Å²) in [6, 6.07) is 0. The molecule has 82 valence electrons. The molecule has 0 radical (unpaired) electrons. The molecule has 0 amide bonds. The van der Waals surface area contributed by atoms with Crippen molar-refractivity contribution in [2.24, 2.45) is 0 Å². The van der Waals surface area contributed by atoms with Gasteiger partial charge in [-0.1, -0.05) is 6.92 Å². The van der Waals surface area contributed by atoms with Crippen LogP contribution in [0.2, 0.25) is 0 Å². The minimum atomic E-state index is -0.190. The molecule has 0 bridgehead atoms. The summed E-state index contributed by atoms with van der Waals surface area (Å²) in [5.41, 5.74) is -0.190. The first kappa shape index (κ1) is 11.7. The Hall–Kier alpha value is -0.410. The van der Waals surface area contributed by atoms with Gasteiger partial charge >= 0.3 is 0 Å². The SMILES string of the molecule is CCOC1(CC=O)CCCN(CC)C1. The zero-order valence-corrected chi connectivity index (χ0v) is 9.29. The molecule has 0 aromatic rings. The molecule has 0 spiro atoms. The molecule has 1 rings (SSSR count). The fourth-order valence-electron chi connectivity index (χ4n) is 2.26. The molecule has 0 aliphatic carbocycles. The summed E-state index contributed by atoms with van der Waals surface area (Å²) in [6.45, 7) is 7.96. The number of likely N-dealkylation sites (N-methyl/N-ethyl adjacent to an activating group) is 1. The summed E-state index contributed by atoms with van der Waals surface area (Å²) in [6.07, 6.45) is 3.70. The monoisotopic (exact) mass is 199 g/mol. The highest BCUT2D eigenvalue weighted by Crippen LogP contribution is 2.27. The molecular formula is C11H21NO2. The molecule has 0 saturated carbocycles. The summed E-state index contributed by atoms with van der Waals surface area (Å²) in [4.78, 5) is 13.0. The lowest BCUT2D eigenvalue weighted by molar-refractivity contribution is -0.122. The van der Waals surface area contributed by atoms with E-state index in [4.69, 9.17) is 4.74 Å². The predicted octanol–water partition coefficient (Wildman–Crippen LogP) is 1.47. The number of hydrogen-bond donors (Lipinski definition) is 0. The Morgan fingerprint density at radius 3 is 2.86 bits per heavy atom. The molecule has 1 unspecified atom stereocenters. The molecule has 0 aromatic carbocycles. The topological polar surface area (TPSA) is 29.5 Å². The summed E-state index contributed by atoms with van der Waals surface area (Å²) in [5, 5.41) is 0. The molecule has 1 heterocycles. The van der Waals surface area contributed by atoms with E-state index in [2.05, 4.69) is 11.8 Å². The Bertz CT molecular complexity index is 180. The maximum Gasteiger partial charge on any atom is 0.122 e. The van der Waals surface area contributed by atoms with E-state index >= 15 is 0 Å². The fourth-order valence-corrected chi connectivity index (χ4v) is 2.26. The van der Waals surface area contributed by atoms with Crippen molar-refractivity contribution in [1.82, 2.24) is 4.90 Å². The van der Waals surface area contributed by atoms with E-state index in [0.29, 0.717) is 13.0 Å². The van der Waals surface area contributed by atoms with Gasteiger partial charge in [-0.25, -0.2) is 0 Å². The highest BCUT2D eigenvalue weighted by Gasteiger charge is 2.35. The van der Waals surface area contributed by atoms with Gasteiger partial charge in [-0.2, -0.15) is 0 Å². The van der Waals surface area contributed by atoms with Crippen molar-refractivity contribution in [2.45, 2.75) is 38.7 Å². The molecular weight excluding hydrogens is 178 g/mol. The van der Waals surface area contributed by atoms with Crippen molar-refractivity contribution >= 4 is 6.29 Å². The number of carbonyl (C=O) groups excluding carboxylic acids is 1. The van der Waals surface area contributed by atoms with Gasteiger partial charge in [0, 0.05) is 19.6 Å². The van der Waals surface area contributed by atoms with Gasteiger partial charge in [-0.05, 0) is 32.9 Å². The van der Waals surface area contributed by atoms with Crippen LogP contribution in [-0.2, 0) is 9.53 Å². The summed E-state index contributed by atoms with van der Waals surface area (Å²) >= 11 is 0. The van der Waals surface area contributed by atoms with Crippen LogP contribution in [0.1, 0.15) is 33.1 Å². The number of nitrogens with zero attached hydrogens (tertiary/aromatic N) is 1. The number of carbonyl (C=O) groups is 1. The molecule has 3 heteroatoms. The van der Waals surface area contributed by atoms with Gasteiger partial charge in [0.1, 0.15) is 6.29 Å². The quantitative estimate of drug-likeness (QED) is 0.628. The highest BCUT2D eigenvalue weighted by molar-refractivity contribution is 5.51. The second-order valence-corrected chi connectivity index (χ2v) is 3.96. The van der Waals surface area contributed by atoms with Crippen LogP contribution in [0.4, 0.5) is 0 Å². The van der Waals surface area contributed by atoms with Crippen molar-refractivity contribution in [3.05, 3.63) is 0 Å². The second-order valence-electron chi connectivity index (χ2n) is 3.96. The second kappa shape index (κ2) is 5.47. The van der Waals surface area contributed by atoms with Crippen LogP contribution in [0.3, 0.4) is 0 Å². The maximum atomic E-state index is 10.6. The van der Waals surface area contributed by atoms with Crippen molar-refractivity contribution in [1.29, 1.82) is 0 Å². The fraction of sp³-hybridized carbons (Fsp3) is 0.909. The van der Waals surface area contributed by atoms with Gasteiger partial charge in [0.2, 0.25) is 0 Å². The maximum absolute atomic E-state index is 10.6. The third kappa shape index (κ3) is 2.79. The highest BCUT2D eigenvalue weighted by atomic mass is 16.5. The molecule has 14 heavy (non-hydrogen) atoms. The Balaban J connectivity index is 2.59. The lowest BCUT2D eigenvalue weighted by Gasteiger charge is -2.41. The normalized spacial score (nSPS) is 29.0. The van der Waals surface area contributed by atoms with Gasteiger partial charge in [-0.15, -0.1) is 0 Å². The Morgan fingerprint density at radius 1 is 1.50 bits per heavy atom. The van der Waals surface area contributed by atoms with Crippen molar-refractivity contribution in [3.63, 3.8) is 0 Å². The molecule has 1 aliphatic rings. The Morgan fingerprint density at radius 2 is 2.29 bits per heavy atom. The van der Waals surface area contributed by atoms with Crippen LogP contribution in [0.15, 0.2) is 0 Å². The van der Waals surface area contributed by atoms with Crippen LogP contribution in [-0.4, -0.2) is 43.0 Å². The molecule has 3 nitrogen and oxygen atoms in total. The third-order valence-corrected chi connectivity index (χ3v) is 2.97. The van der Waals surface area contributed by atoms with Crippen molar-refractivity contribution in [2.75, 3.05) is 26.2 Å². The first-order chi connectivity index (χ1) is 6.76. The van der Waals surface area contributed by atoms with Crippen LogP contribution in [0, 0.1) is 0 Å². The van der Waals surface area contributed by atoms with Gasteiger partial charge < -0.3 is 14.4 Å². The minimum absolute atomic E-state index is 0.190. The van der Waals surface area contributed by atoms with Gasteiger partial charge in [0.05, 0.1) is 5.60 Å². The largest absolute Gasteiger partial charge is 0.374 e. The van der Waals surface area contributed by atoms with Crippen LogP contribution < -0.4 is 0 Å². The summed E-state index contributed by atoms with van der Waals surface area (Å²) in [5.74, 6) is 0.